The van der Waals surface area contributed by atoms with Gasteiger partial charge in [-0.15, -0.1) is 0 Å². The van der Waals surface area contributed by atoms with E-state index in [9.17, 15) is 4.79 Å². The van der Waals surface area contributed by atoms with Gasteiger partial charge in [0.2, 0.25) is 0 Å². The molecule has 1 aliphatic carbocycles. The third kappa shape index (κ3) is 2.96. The summed E-state index contributed by atoms with van der Waals surface area (Å²) < 4.78 is 0. The van der Waals surface area contributed by atoms with Gasteiger partial charge in [-0.2, -0.15) is 11.8 Å². The SMILES string of the molecule is CSC1CCCC1NC(=O)c1cc(C)nc(N)c1. The maximum absolute atomic E-state index is 12.2. The Bertz CT molecular complexity index is 430. The number of amides is 1. The molecule has 98 valence electrons. The van der Waals surface area contributed by atoms with Gasteiger partial charge < -0.3 is 11.1 Å². The van der Waals surface area contributed by atoms with Crippen molar-refractivity contribution in [1.82, 2.24) is 10.3 Å². The fraction of sp³-hybridized carbons (Fsp3) is 0.538. The second kappa shape index (κ2) is 5.61. The number of hydrogen-bond acceptors (Lipinski definition) is 4. The van der Waals surface area contributed by atoms with Crippen LogP contribution in [0.25, 0.3) is 0 Å². The molecule has 0 aliphatic heterocycles. The zero-order valence-corrected chi connectivity index (χ0v) is 11.6. The van der Waals surface area contributed by atoms with Crippen LogP contribution in [0.4, 0.5) is 5.82 Å². The van der Waals surface area contributed by atoms with Gasteiger partial charge in [0.05, 0.1) is 0 Å². The Hall–Kier alpha value is -1.23. The van der Waals surface area contributed by atoms with Crippen LogP contribution >= 0.6 is 11.8 Å². The molecule has 1 heterocycles. The lowest BCUT2D eigenvalue weighted by Crippen LogP contribution is -2.38. The monoisotopic (exact) mass is 265 g/mol. The van der Waals surface area contributed by atoms with Gasteiger partial charge in [0.1, 0.15) is 5.82 Å². The molecule has 0 bridgehead atoms. The minimum Gasteiger partial charge on any atom is -0.384 e. The van der Waals surface area contributed by atoms with E-state index < -0.39 is 0 Å². The van der Waals surface area contributed by atoms with Gasteiger partial charge in [-0.3, -0.25) is 4.79 Å². The van der Waals surface area contributed by atoms with Gasteiger partial charge in [-0.1, -0.05) is 6.42 Å². The molecule has 4 nitrogen and oxygen atoms in total. The highest BCUT2D eigenvalue weighted by Gasteiger charge is 2.28. The van der Waals surface area contributed by atoms with Gasteiger partial charge in [0.25, 0.3) is 5.91 Å². The Morgan fingerprint density at radius 1 is 1.50 bits per heavy atom. The Morgan fingerprint density at radius 2 is 2.28 bits per heavy atom. The van der Waals surface area contributed by atoms with Crippen molar-refractivity contribution in [1.29, 1.82) is 0 Å². The molecule has 2 unspecified atom stereocenters. The van der Waals surface area contributed by atoms with Crippen LogP contribution in [0.3, 0.4) is 0 Å². The Morgan fingerprint density at radius 3 is 2.94 bits per heavy atom. The van der Waals surface area contributed by atoms with Crippen LogP contribution in [0.2, 0.25) is 0 Å². The molecule has 1 aromatic heterocycles. The Balaban J connectivity index is 2.07. The third-order valence-electron chi connectivity index (χ3n) is 3.31. The molecule has 1 amide bonds. The Labute approximate surface area is 112 Å². The zero-order valence-electron chi connectivity index (χ0n) is 10.8. The van der Waals surface area contributed by atoms with Crippen LogP contribution in [0, 0.1) is 6.92 Å². The summed E-state index contributed by atoms with van der Waals surface area (Å²) in [5.74, 6) is 0.353. The lowest BCUT2D eigenvalue weighted by molar-refractivity contribution is 0.0938. The minimum atomic E-state index is -0.0434. The van der Waals surface area contributed by atoms with E-state index >= 15 is 0 Å². The van der Waals surface area contributed by atoms with E-state index in [1.807, 2.05) is 18.7 Å². The molecule has 18 heavy (non-hydrogen) atoms. The average Bonchev–Trinajstić information content (AvgIpc) is 2.75. The lowest BCUT2D eigenvalue weighted by atomic mass is 10.2. The number of carbonyl (C=O) groups is 1. The van der Waals surface area contributed by atoms with Crippen LogP contribution in [0.5, 0.6) is 0 Å². The minimum absolute atomic E-state index is 0.0434. The zero-order chi connectivity index (χ0) is 13.1. The lowest BCUT2D eigenvalue weighted by Gasteiger charge is -2.19. The molecule has 0 radical (unpaired) electrons. The summed E-state index contributed by atoms with van der Waals surface area (Å²) in [6, 6.07) is 3.68. The number of nitrogens with two attached hydrogens (primary N) is 1. The summed E-state index contributed by atoms with van der Waals surface area (Å²) in [7, 11) is 0. The number of thioether (sulfide) groups is 1. The number of anilines is 1. The maximum atomic E-state index is 12.2. The Kier molecular flexibility index (Phi) is 4.11. The predicted molar refractivity (Wildman–Crippen MR) is 75.8 cm³/mol. The van der Waals surface area contributed by atoms with Crippen molar-refractivity contribution < 1.29 is 4.79 Å². The molecule has 0 aromatic carbocycles. The van der Waals surface area contributed by atoms with Crippen LogP contribution in [0.15, 0.2) is 12.1 Å². The van der Waals surface area contributed by atoms with Crippen molar-refractivity contribution in [3.05, 3.63) is 23.4 Å². The van der Waals surface area contributed by atoms with Crippen molar-refractivity contribution in [2.75, 3.05) is 12.0 Å². The molecule has 0 saturated heterocycles. The second-order valence-electron chi connectivity index (χ2n) is 4.71. The summed E-state index contributed by atoms with van der Waals surface area (Å²) in [5, 5.41) is 3.64. The first-order valence-corrected chi connectivity index (χ1v) is 7.47. The second-order valence-corrected chi connectivity index (χ2v) is 5.78. The van der Waals surface area contributed by atoms with E-state index in [-0.39, 0.29) is 11.9 Å². The summed E-state index contributed by atoms with van der Waals surface area (Å²) in [6.45, 7) is 1.84. The molecule has 2 atom stereocenters. The number of nitrogens with zero attached hydrogens (tertiary/aromatic N) is 1. The molecule has 3 N–H and O–H groups in total. The summed E-state index contributed by atoms with van der Waals surface area (Å²) >= 11 is 1.83. The fourth-order valence-corrected chi connectivity index (χ4v) is 3.39. The van der Waals surface area contributed by atoms with Gasteiger partial charge in [0.15, 0.2) is 0 Å². The van der Waals surface area contributed by atoms with Gasteiger partial charge in [-0.05, 0) is 38.2 Å². The van der Waals surface area contributed by atoms with Crippen molar-refractivity contribution >= 4 is 23.5 Å². The van der Waals surface area contributed by atoms with Crippen molar-refractivity contribution in [2.45, 2.75) is 37.5 Å². The number of nitrogen functional groups attached to an aromatic ring is 1. The number of carbonyl (C=O) groups excluding carboxylic acids is 1. The van der Waals surface area contributed by atoms with Crippen LogP contribution in [-0.2, 0) is 0 Å². The van der Waals surface area contributed by atoms with E-state index in [0.717, 1.165) is 12.1 Å². The first-order chi connectivity index (χ1) is 8.60. The maximum Gasteiger partial charge on any atom is 0.251 e. The first-order valence-electron chi connectivity index (χ1n) is 6.18. The molecule has 1 aliphatic rings. The summed E-state index contributed by atoms with van der Waals surface area (Å²) in [4.78, 5) is 16.2. The quantitative estimate of drug-likeness (QED) is 0.877. The first kappa shape index (κ1) is 13.2. The smallest absolute Gasteiger partial charge is 0.251 e. The van der Waals surface area contributed by atoms with Gasteiger partial charge >= 0.3 is 0 Å². The average molecular weight is 265 g/mol. The van der Waals surface area contributed by atoms with E-state index in [1.54, 1.807) is 12.1 Å². The van der Waals surface area contributed by atoms with Crippen molar-refractivity contribution in [3.63, 3.8) is 0 Å². The summed E-state index contributed by atoms with van der Waals surface area (Å²) in [6.07, 6.45) is 5.54. The van der Waals surface area contributed by atoms with E-state index in [2.05, 4.69) is 16.6 Å². The molecular formula is C13H19N3OS. The van der Waals surface area contributed by atoms with Crippen LogP contribution in [-0.4, -0.2) is 28.4 Å². The normalized spacial score (nSPS) is 23.0. The van der Waals surface area contributed by atoms with Crippen molar-refractivity contribution in [2.24, 2.45) is 0 Å². The molecule has 5 heteroatoms. The van der Waals surface area contributed by atoms with Crippen LogP contribution < -0.4 is 11.1 Å². The van der Waals surface area contributed by atoms with Crippen LogP contribution in [0.1, 0.15) is 35.3 Å². The highest BCUT2D eigenvalue weighted by Crippen LogP contribution is 2.28. The molecule has 1 aromatic rings. The standard InChI is InChI=1S/C13H19N3OS/c1-8-6-9(7-12(14)15-8)13(17)16-10-4-3-5-11(10)18-2/h6-7,10-11H,3-5H2,1-2H3,(H2,14,15)(H,16,17). The number of nitrogens with one attached hydrogen (secondary N) is 1. The van der Waals surface area contributed by atoms with E-state index in [4.69, 9.17) is 5.73 Å². The number of aryl methyl sites for hydroxylation is 1. The highest BCUT2D eigenvalue weighted by molar-refractivity contribution is 7.99. The summed E-state index contributed by atoms with van der Waals surface area (Å²) in [5.41, 5.74) is 7.04. The van der Waals surface area contributed by atoms with Gasteiger partial charge in [0, 0.05) is 22.5 Å². The number of hydrogen-bond donors (Lipinski definition) is 2. The number of rotatable bonds is 3. The third-order valence-corrected chi connectivity index (χ3v) is 4.48. The molecule has 0 spiro atoms. The topological polar surface area (TPSA) is 68.0 Å². The van der Waals surface area contributed by atoms with Crippen molar-refractivity contribution in [3.8, 4) is 0 Å². The number of pyridine rings is 1. The van der Waals surface area contributed by atoms with Gasteiger partial charge in [-0.25, -0.2) is 4.98 Å². The molecule has 2 rings (SSSR count). The molecule has 1 saturated carbocycles. The van der Waals surface area contributed by atoms with E-state index in [0.29, 0.717) is 16.6 Å². The fourth-order valence-electron chi connectivity index (χ4n) is 2.45. The predicted octanol–water partition coefficient (Wildman–Crippen LogP) is 1.99. The van der Waals surface area contributed by atoms with E-state index in [1.165, 1.54) is 12.8 Å². The largest absolute Gasteiger partial charge is 0.384 e. The molecular weight excluding hydrogens is 246 g/mol. The molecule has 1 fully saturated rings. The highest BCUT2D eigenvalue weighted by atomic mass is 32.2. The number of aromatic nitrogens is 1.